The maximum atomic E-state index is 13.3. The molecular formula is C18H19F2IN4. The maximum Gasteiger partial charge on any atom is 0.191 e. The van der Waals surface area contributed by atoms with Crippen molar-refractivity contribution in [1.82, 2.24) is 10.6 Å². The fourth-order valence-corrected chi connectivity index (χ4v) is 2.15. The van der Waals surface area contributed by atoms with E-state index >= 15 is 0 Å². The summed E-state index contributed by atoms with van der Waals surface area (Å²) in [5.74, 6) is -1.20. The highest BCUT2D eigenvalue weighted by atomic mass is 127. The summed E-state index contributed by atoms with van der Waals surface area (Å²) in [4.78, 5) is 4.12. The number of nitrogens with one attached hydrogen (secondary N) is 2. The first kappa shape index (κ1) is 20.8. The Bertz CT molecular complexity index is 770. The molecule has 0 bridgehead atoms. The molecule has 0 fully saturated rings. The van der Waals surface area contributed by atoms with Gasteiger partial charge in [0.15, 0.2) is 17.6 Å². The molecule has 25 heavy (non-hydrogen) atoms. The van der Waals surface area contributed by atoms with Crippen LogP contribution in [0.1, 0.15) is 29.7 Å². The van der Waals surface area contributed by atoms with E-state index in [4.69, 9.17) is 5.26 Å². The second-order valence-corrected chi connectivity index (χ2v) is 5.27. The summed E-state index contributed by atoms with van der Waals surface area (Å²) < 4.78 is 26.3. The molecule has 0 aliphatic carbocycles. The van der Waals surface area contributed by atoms with Crippen LogP contribution in [0.4, 0.5) is 8.78 Å². The summed E-state index contributed by atoms with van der Waals surface area (Å²) in [6, 6.07) is 12.8. The molecule has 7 heteroatoms. The van der Waals surface area contributed by atoms with Gasteiger partial charge in [-0.05, 0) is 42.3 Å². The number of hydrogen-bond acceptors (Lipinski definition) is 2. The lowest BCUT2D eigenvalue weighted by Gasteiger charge is -2.18. The Labute approximate surface area is 163 Å². The van der Waals surface area contributed by atoms with Crippen molar-refractivity contribution in [3.63, 3.8) is 0 Å². The van der Waals surface area contributed by atoms with Crippen molar-refractivity contribution in [3.8, 4) is 6.07 Å². The number of rotatable bonds is 4. The van der Waals surface area contributed by atoms with Gasteiger partial charge >= 0.3 is 0 Å². The molecule has 1 atom stereocenters. The topological polar surface area (TPSA) is 60.2 Å². The zero-order valence-corrected chi connectivity index (χ0v) is 16.2. The molecule has 2 aromatic carbocycles. The Balaban J connectivity index is 0.00000312. The first-order chi connectivity index (χ1) is 11.5. The summed E-state index contributed by atoms with van der Waals surface area (Å²) in [6.07, 6.45) is 0. The summed E-state index contributed by atoms with van der Waals surface area (Å²) in [7, 11) is 1.63. The number of nitriles is 1. The third-order valence-electron chi connectivity index (χ3n) is 3.56. The summed E-state index contributed by atoms with van der Waals surface area (Å²) in [6.45, 7) is 2.36. The van der Waals surface area contributed by atoms with E-state index in [1.807, 2.05) is 19.1 Å². The summed E-state index contributed by atoms with van der Waals surface area (Å²) in [5.41, 5.74) is 2.22. The van der Waals surface area contributed by atoms with E-state index in [2.05, 4.69) is 21.7 Å². The number of halogens is 3. The Hall–Kier alpha value is -2.21. The minimum Gasteiger partial charge on any atom is -0.352 e. The molecule has 132 valence electrons. The molecule has 0 saturated heterocycles. The molecule has 0 heterocycles. The van der Waals surface area contributed by atoms with Gasteiger partial charge in [-0.3, -0.25) is 4.99 Å². The van der Waals surface area contributed by atoms with E-state index in [1.165, 1.54) is 12.1 Å². The molecule has 0 amide bonds. The van der Waals surface area contributed by atoms with Crippen molar-refractivity contribution in [1.29, 1.82) is 5.26 Å². The van der Waals surface area contributed by atoms with Crippen LogP contribution in [0.15, 0.2) is 47.5 Å². The standard InChI is InChI=1S/C18H18F2N4.HI/c1-12(15-7-8-16(19)17(20)9-15)24-18(22-2)23-11-14-5-3-13(10-21)4-6-14;/h3-9,12H,11H2,1-2H3,(H2,22,23,24);1H. The van der Waals surface area contributed by atoms with Crippen molar-refractivity contribution in [2.75, 3.05) is 7.05 Å². The van der Waals surface area contributed by atoms with Crippen LogP contribution in [0.3, 0.4) is 0 Å². The van der Waals surface area contributed by atoms with E-state index in [1.54, 1.807) is 19.2 Å². The van der Waals surface area contributed by atoms with Crippen molar-refractivity contribution >= 4 is 29.9 Å². The van der Waals surface area contributed by atoms with Crippen LogP contribution in [0, 0.1) is 23.0 Å². The quantitative estimate of drug-likeness (QED) is 0.417. The zero-order chi connectivity index (χ0) is 17.5. The molecule has 0 spiro atoms. The van der Waals surface area contributed by atoms with Crippen LogP contribution < -0.4 is 10.6 Å². The van der Waals surface area contributed by atoms with Crippen LogP contribution in [0.2, 0.25) is 0 Å². The molecular weight excluding hydrogens is 437 g/mol. The summed E-state index contributed by atoms with van der Waals surface area (Å²) >= 11 is 0. The predicted octanol–water partition coefficient (Wildman–Crippen LogP) is 3.88. The third-order valence-corrected chi connectivity index (χ3v) is 3.56. The molecule has 4 nitrogen and oxygen atoms in total. The Kier molecular flexibility index (Phi) is 8.28. The molecule has 0 aliphatic rings. The van der Waals surface area contributed by atoms with Crippen LogP contribution in [0.25, 0.3) is 0 Å². The largest absolute Gasteiger partial charge is 0.352 e. The molecule has 0 aliphatic heterocycles. The average molecular weight is 456 g/mol. The second-order valence-electron chi connectivity index (χ2n) is 5.27. The number of nitrogens with zero attached hydrogens (tertiary/aromatic N) is 2. The van der Waals surface area contributed by atoms with E-state index < -0.39 is 11.6 Å². The maximum absolute atomic E-state index is 13.3. The molecule has 2 N–H and O–H groups in total. The minimum atomic E-state index is -0.873. The van der Waals surface area contributed by atoms with Crippen LogP contribution in [-0.2, 0) is 6.54 Å². The molecule has 0 aromatic heterocycles. The second kappa shape index (κ2) is 9.93. The van der Waals surface area contributed by atoms with Gasteiger partial charge < -0.3 is 10.6 Å². The predicted molar refractivity (Wildman–Crippen MR) is 105 cm³/mol. The Morgan fingerprint density at radius 1 is 1.16 bits per heavy atom. The van der Waals surface area contributed by atoms with Gasteiger partial charge in [-0.25, -0.2) is 8.78 Å². The highest BCUT2D eigenvalue weighted by Crippen LogP contribution is 2.15. The van der Waals surface area contributed by atoms with Gasteiger partial charge in [0.1, 0.15) is 0 Å². The monoisotopic (exact) mass is 456 g/mol. The van der Waals surface area contributed by atoms with Crippen molar-refractivity contribution in [2.24, 2.45) is 4.99 Å². The SMILES string of the molecule is CN=C(NCc1ccc(C#N)cc1)NC(C)c1ccc(F)c(F)c1.I. The number of guanidine groups is 1. The van der Waals surface area contributed by atoms with Crippen LogP contribution in [-0.4, -0.2) is 13.0 Å². The Morgan fingerprint density at radius 2 is 1.84 bits per heavy atom. The van der Waals surface area contributed by atoms with Crippen molar-refractivity contribution in [2.45, 2.75) is 19.5 Å². The van der Waals surface area contributed by atoms with E-state index in [-0.39, 0.29) is 30.0 Å². The van der Waals surface area contributed by atoms with Gasteiger partial charge in [0, 0.05) is 13.6 Å². The van der Waals surface area contributed by atoms with Gasteiger partial charge in [-0.1, -0.05) is 18.2 Å². The zero-order valence-electron chi connectivity index (χ0n) is 13.9. The number of hydrogen-bond donors (Lipinski definition) is 2. The smallest absolute Gasteiger partial charge is 0.191 e. The van der Waals surface area contributed by atoms with Crippen molar-refractivity contribution < 1.29 is 8.78 Å². The lowest BCUT2D eigenvalue weighted by molar-refractivity contribution is 0.504. The number of benzene rings is 2. The first-order valence-electron chi connectivity index (χ1n) is 7.44. The first-order valence-corrected chi connectivity index (χ1v) is 7.44. The van der Waals surface area contributed by atoms with Crippen LogP contribution >= 0.6 is 24.0 Å². The van der Waals surface area contributed by atoms with E-state index in [0.29, 0.717) is 23.6 Å². The highest BCUT2D eigenvalue weighted by molar-refractivity contribution is 14.0. The van der Waals surface area contributed by atoms with E-state index in [0.717, 1.165) is 11.6 Å². The minimum absolute atomic E-state index is 0. The summed E-state index contributed by atoms with van der Waals surface area (Å²) in [5, 5.41) is 15.0. The third kappa shape index (κ3) is 5.98. The Morgan fingerprint density at radius 3 is 2.40 bits per heavy atom. The fourth-order valence-electron chi connectivity index (χ4n) is 2.15. The van der Waals surface area contributed by atoms with E-state index in [9.17, 15) is 8.78 Å². The van der Waals surface area contributed by atoms with Gasteiger partial charge in [0.25, 0.3) is 0 Å². The molecule has 2 aromatic rings. The van der Waals surface area contributed by atoms with Crippen LogP contribution in [0.5, 0.6) is 0 Å². The van der Waals surface area contributed by atoms with Gasteiger partial charge in [0.2, 0.25) is 0 Å². The number of aliphatic imine (C=N–C) groups is 1. The molecule has 1 unspecified atom stereocenters. The van der Waals surface area contributed by atoms with Crippen molar-refractivity contribution in [3.05, 3.63) is 70.8 Å². The molecule has 0 radical (unpaired) electrons. The average Bonchev–Trinajstić information content (AvgIpc) is 2.61. The highest BCUT2D eigenvalue weighted by Gasteiger charge is 2.10. The lowest BCUT2D eigenvalue weighted by Crippen LogP contribution is -2.38. The van der Waals surface area contributed by atoms with Gasteiger partial charge in [-0.15, -0.1) is 24.0 Å². The molecule has 0 saturated carbocycles. The van der Waals surface area contributed by atoms with Gasteiger partial charge in [0.05, 0.1) is 17.7 Å². The normalized spacial score (nSPS) is 11.9. The fraction of sp³-hybridized carbons (Fsp3) is 0.222. The van der Waals surface area contributed by atoms with Gasteiger partial charge in [-0.2, -0.15) is 5.26 Å². The molecule has 2 rings (SSSR count). The lowest BCUT2D eigenvalue weighted by atomic mass is 10.1.